The summed E-state index contributed by atoms with van der Waals surface area (Å²) >= 11 is 0. The summed E-state index contributed by atoms with van der Waals surface area (Å²) in [6.45, 7) is 7.35. The van der Waals surface area contributed by atoms with E-state index in [2.05, 4.69) is 30.3 Å². The molecule has 4 aromatic carbocycles. The largest absolute Gasteiger partial charge is 0.494 e. The first-order chi connectivity index (χ1) is 24.8. The lowest BCUT2D eigenvalue weighted by Gasteiger charge is -2.29. The van der Waals surface area contributed by atoms with Crippen molar-refractivity contribution in [1.82, 2.24) is 0 Å². The minimum absolute atomic E-state index is 0.000161. The predicted octanol–water partition coefficient (Wildman–Crippen LogP) is 7.07. The monoisotopic (exact) mass is 691 g/mol. The topological polar surface area (TPSA) is 92.8 Å². The second kappa shape index (κ2) is 15.0. The van der Waals surface area contributed by atoms with Gasteiger partial charge in [-0.15, -0.1) is 0 Å². The number of carbonyl (C=O) groups excluding carboxylic acids is 2. The Morgan fingerprint density at radius 2 is 1.06 bits per heavy atom. The summed E-state index contributed by atoms with van der Waals surface area (Å²) in [5.74, 6) is 5.15. The van der Waals surface area contributed by atoms with Crippen LogP contribution in [0.4, 0.5) is 5.69 Å². The molecule has 51 heavy (non-hydrogen) atoms. The van der Waals surface area contributed by atoms with Gasteiger partial charge in [-0.25, -0.2) is 0 Å². The number of Topliss-reactive ketones (excluding diaryl/α,β-unsaturated/α-hetero) is 2. The minimum atomic E-state index is -0.0326. The second-order valence-electron chi connectivity index (χ2n) is 13.4. The zero-order valence-electron chi connectivity index (χ0n) is 29.8. The first-order valence-electron chi connectivity index (χ1n) is 17.9. The first-order valence-corrected chi connectivity index (χ1v) is 17.9. The summed E-state index contributed by atoms with van der Waals surface area (Å²) < 4.78 is 34.6. The lowest BCUT2D eigenvalue weighted by Crippen LogP contribution is -2.22. The van der Waals surface area contributed by atoms with Crippen molar-refractivity contribution in [3.05, 3.63) is 100 Å². The number of ether oxygens (including phenoxy) is 6. The van der Waals surface area contributed by atoms with E-state index >= 15 is 0 Å². The van der Waals surface area contributed by atoms with E-state index in [1.807, 2.05) is 69.2 Å². The highest BCUT2D eigenvalue weighted by molar-refractivity contribution is 5.86. The standard InChI is InChI=1S/C22H25NO4.C20H20O4/c1-4-25-20-11-15(23(2)3)5-6-17(20)19-12-16(24)9-14-10-21-22(13-18(14)19)27-8-7-26-21;1-2-22-18-6-4-3-5-15(18)17-11-14(21)9-13-10-19-20(12-16(13)17)24-8-7-23-19/h5-6,10-11,13,19H,4,7-9,12H2,1-3H3;3-6,10,12,17H,2,7-9,11H2,1H3. The number of para-hydroxylation sites is 1. The van der Waals surface area contributed by atoms with Crippen molar-refractivity contribution < 1.29 is 38.0 Å². The third kappa shape index (κ3) is 7.20. The average Bonchev–Trinajstić information content (AvgIpc) is 3.13. The third-order valence-corrected chi connectivity index (χ3v) is 9.78. The summed E-state index contributed by atoms with van der Waals surface area (Å²) in [5, 5.41) is 0. The van der Waals surface area contributed by atoms with Gasteiger partial charge in [0.05, 0.1) is 13.2 Å². The van der Waals surface area contributed by atoms with Crippen molar-refractivity contribution in [1.29, 1.82) is 0 Å². The van der Waals surface area contributed by atoms with Gasteiger partial charge in [0.15, 0.2) is 23.0 Å². The lowest BCUT2D eigenvalue weighted by molar-refractivity contribution is -0.119. The molecule has 0 bridgehead atoms. The van der Waals surface area contributed by atoms with Crippen molar-refractivity contribution in [2.75, 3.05) is 58.6 Å². The number of hydrogen-bond acceptors (Lipinski definition) is 9. The fourth-order valence-electron chi connectivity index (χ4n) is 7.47. The molecule has 0 saturated carbocycles. The van der Waals surface area contributed by atoms with Gasteiger partial charge >= 0.3 is 0 Å². The summed E-state index contributed by atoms with van der Waals surface area (Å²) in [7, 11) is 4.02. The summed E-state index contributed by atoms with van der Waals surface area (Å²) in [4.78, 5) is 26.9. The van der Waals surface area contributed by atoms with Crippen molar-refractivity contribution in [2.45, 2.75) is 51.4 Å². The van der Waals surface area contributed by atoms with Crippen LogP contribution in [0.3, 0.4) is 0 Å². The molecule has 8 rings (SSSR count). The van der Waals surface area contributed by atoms with E-state index in [0.29, 0.717) is 65.3 Å². The van der Waals surface area contributed by atoms with Crippen molar-refractivity contribution in [3.63, 3.8) is 0 Å². The van der Waals surface area contributed by atoms with E-state index in [9.17, 15) is 9.59 Å². The quantitative estimate of drug-likeness (QED) is 0.202. The normalized spacial score (nSPS) is 18.4. The molecule has 9 heteroatoms. The van der Waals surface area contributed by atoms with E-state index < -0.39 is 0 Å². The summed E-state index contributed by atoms with van der Waals surface area (Å²) in [6, 6.07) is 22.2. The molecule has 9 nitrogen and oxygen atoms in total. The van der Waals surface area contributed by atoms with E-state index in [4.69, 9.17) is 28.4 Å². The summed E-state index contributed by atoms with van der Waals surface area (Å²) in [5.41, 5.74) is 7.53. The first kappa shape index (κ1) is 34.3. The predicted molar refractivity (Wildman–Crippen MR) is 195 cm³/mol. The minimum Gasteiger partial charge on any atom is -0.494 e. The number of carbonyl (C=O) groups is 2. The molecule has 0 amide bonds. The molecule has 2 atom stereocenters. The number of ketones is 2. The van der Waals surface area contributed by atoms with Crippen LogP contribution in [0.2, 0.25) is 0 Å². The van der Waals surface area contributed by atoms with E-state index in [-0.39, 0.29) is 23.4 Å². The number of benzene rings is 4. The third-order valence-electron chi connectivity index (χ3n) is 9.78. The molecule has 0 spiro atoms. The Balaban J connectivity index is 0.000000160. The highest BCUT2D eigenvalue weighted by Gasteiger charge is 2.32. The maximum Gasteiger partial charge on any atom is 0.161 e. The van der Waals surface area contributed by atoms with Gasteiger partial charge in [0.2, 0.25) is 0 Å². The van der Waals surface area contributed by atoms with Crippen LogP contribution in [-0.2, 0) is 22.4 Å². The van der Waals surface area contributed by atoms with Crippen LogP contribution < -0.4 is 33.3 Å². The number of fused-ring (bicyclic) bond motifs is 4. The molecule has 2 unspecified atom stereocenters. The molecule has 4 aromatic rings. The number of anilines is 1. The van der Waals surface area contributed by atoms with Crippen LogP contribution in [0, 0.1) is 0 Å². The van der Waals surface area contributed by atoms with Gasteiger partial charge in [0.1, 0.15) is 49.5 Å². The Hall–Kier alpha value is -5.18. The molecule has 266 valence electrons. The molecule has 2 aliphatic heterocycles. The highest BCUT2D eigenvalue weighted by Crippen LogP contribution is 2.46. The van der Waals surface area contributed by atoms with E-state index in [1.165, 1.54) is 0 Å². The average molecular weight is 692 g/mol. The smallest absolute Gasteiger partial charge is 0.161 e. The van der Waals surface area contributed by atoms with Gasteiger partial charge < -0.3 is 33.3 Å². The van der Waals surface area contributed by atoms with Crippen LogP contribution in [0.5, 0.6) is 34.5 Å². The molecule has 0 N–H and O–H groups in total. The van der Waals surface area contributed by atoms with Crippen molar-refractivity contribution >= 4 is 17.3 Å². The SMILES string of the molecule is CCOc1cc(N(C)C)ccc1C1CC(=O)Cc2cc3c(cc21)OCCO3.CCOc1ccccc1C1CC(=O)Cc2cc3c(cc21)OCCO3. The van der Waals surface area contributed by atoms with Crippen LogP contribution in [0.25, 0.3) is 0 Å². The fraction of sp³-hybridized carbons (Fsp3) is 0.381. The van der Waals surface area contributed by atoms with Crippen molar-refractivity contribution in [3.8, 4) is 34.5 Å². The number of hydrogen-bond donors (Lipinski definition) is 0. The fourth-order valence-corrected chi connectivity index (χ4v) is 7.47. The Morgan fingerprint density at radius 1 is 0.588 bits per heavy atom. The molecule has 0 aromatic heterocycles. The maximum atomic E-state index is 12.5. The van der Waals surface area contributed by atoms with Crippen LogP contribution in [0.15, 0.2) is 66.7 Å². The molecular formula is C42H45NO8. The number of rotatable bonds is 7. The molecule has 0 fully saturated rings. The Bertz CT molecular complexity index is 1930. The van der Waals surface area contributed by atoms with Crippen LogP contribution in [0.1, 0.15) is 71.9 Å². The maximum absolute atomic E-state index is 12.5. The number of nitrogens with zero attached hydrogens (tertiary/aromatic N) is 1. The van der Waals surface area contributed by atoms with Gasteiger partial charge in [-0.3, -0.25) is 9.59 Å². The van der Waals surface area contributed by atoms with Crippen molar-refractivity contribution in [2.24, 2.45) is 0 Å². The Labute approximate surface area is 299 Å². The molecule has 0 saturated heterocycles. The van der Waals surface area contributed by atoms with Gasteiger partial charge in [-0.05, 0) is 72.5 Å². The molecule has 4 aliphatic rings. The Morgan fingerprint density at radius 3 is 1.57 bits per heavy atom. The molecule has 0 radical (unpaired) electrons. The van der Waals surface area contributed by atoms with E-state index in [1.54, 1.807) is 0 Å². The van der Waals surface area contributed by atoms with Gasteiger partial charge in [-0.2, -0.15) is 0 Å². The summed E-state index contributed by atoms with van der Waals surface area (Å²) in [6.07, 6.45) is 1.88. The van der Waals surface area contributed by atoms with Gasteiger partial charge in [-0.1, -0.05) is 24.3 Å². The Kier molecular flexibility index (Phi) is 10.1. The van der Waals surface area contributed by atoms with Gasteiger partial charge in [0.25, 0.3) is 0 Å². The molecule has 2 aliphatic carbocycles. The zero-order valence-corrected chi connectivity index (χ0v) is 29.8. The van der Waals surface area contributed by atoms with Crippen LogP contribution >= 0.6 is 0 Å². The molecule has 2 heterocycles. The molecular weight excluding hydrogens is 646 g/mol. The second-order valence-corrected chi connectivity index (χ2v) is 13.4. The van der Waals surface area contributed by atoms with E-state index in [0.717, 1.165) is 73.6 Å². The van der Waals surface area contributed by atoms with Crippen LogP contribution in [-0.4, -0.2) is 65.3 Å². The van der Waals surface area contributed by atoms with Gasteiger partial charge in [0, 0.05) is 74.5 Å². The lowest BCUT2D eigenvalue weighted by atomic mass is 9.77. The highest BCUT2D eigenvalue weighted by atomic mass is 16.6. The zero-order chi connectivity index (χ0) is 35.5.